The van der Waals surface area contributed by atoms with Crippen molar-refractivity contribution < 1.29 is 0 Å². The monoisotopic (exact) mass is 201 g/mol. The van der Waals surface area contributed by atoms with Crippen molar-refractivity contribution in [3.63, 3.8) is 0 Å². The molecule has 0 amide bonds. The number of aryl methyl sites for hydroxylation is 2. The predicted octanol–water partition coefficient (Wildman–Crippen LogP) is 2.39. The highest BCUT2D eigenvalue weighted by atomic mass is 15.2. The third-order valence-corrected chi connectivity index (χ3v) is 2.61. The summed E-state index contributed by atoms with van der Waals surface area (Å²) in [5.41, 5.74) is 5.98. The van der Waals surface area contributed by atoms with E-state index in [4.69, 9.17) is 5.84 Å². The van der Waals surface area contributed by atoms with E-state index in [9.17, 15) is 0 Å². The summed E-state index contributed by atoms with van der Waals surface area (Å²) < 4.78 is 0. The molecule has 1 heterocycles. The van der Waals surface area contributed by atoms with Crippen LogP contribution in [0, 0.1) is 6.92 Å². The largest absolute Gasteiger partial charge is 0.308 e. The van der Waals surface area contributed by atoms with Crippen LogP contribution < -0.4 is 11.3 Å². The highest BCUT2D eigenvalue weighted by Gasteiger charge is 2.02. The normalized spacial score (nSPS) is 10.6. The summed E-state index contributed by atoms with van der Waals surface area (Å²) in [5, 5.41) is 1.17. The zero-order valence-electron chi connectivity index (χ0n) is 9.04. The molecule has 0 aliphatic rings. The van der Waals surface area contributed by atoms with E-state index < -0.39 is 0 Å². The molecule has 2 aromatic rings. The fraction of sp³-hybridized carbons (Fsp3) is 0.250. The Morgan fingerprint density at radius 3 is 2.80 bits per heavy atom. The number of rotatable bonds is 2. The molecule has 1 aromatic carbocycles. The second-order valence-electron chi connectivity index (χ2n) is 3.68. The molecule has 0 fully saturated rings. The Labute approximate surface area is 89.3 Å². The molecule has 3 N–H and O–H groups in total. The minimum absolute atomic E-state index is 0.742. The van der Waals surface area contributed by atoms with Crippen molar-refractivity contribution in [2.24, 2.45) is 5.84 Å². The first-order chi connectivity index (χ1) is 7.24. The van der Waals surface area contributed by atoms with Crippen molar-refractivity contribution in [2.75, 3.05) is 5.43 Å². The summed E-state index contributed by atoms with van der Waals surface area (Å²) in [6.07, 6.45) is 1.05. The molecule has 0 bridgehead atoms. The molecule has 0 aliphatic carbocycles. The molecule has 0 spiro atoms. The summed E-state index contributed by atoms with van der Waals surface area (Å²) in [6.45, 7) is 4.15. The van der Waals surface area contributed by atoms with Crippen molar-refractivity contribution >= 4 is 16.7 Å². The fourth-order valence-corrected chi connectivity index (χ4v) is 1.70. The standard InChI is InChI=1S/C12H15N3/c1-3-9-4-5-11-10(7-9)6-8(2)12(14-11)15-13/h4-7H,3,13H2,1-2H3,(H,14,15). The zero-order valence-corrected chi connectivity index (χ0v) is 9.04. The van der Waals surface area contributed by atoms with Gasteiger partial charge >= 0.3 is 0 Å². The van der Waals surface area contributed by atoms with E-state index >= 15 is 0 Å². The summed E-state index contributed by atoms with van der Waals surface area (Å²) in [4.78, 5) is 4.43. The summed E-state index contributed by atoms with van der Waals surface area (Å²) in [5.74, 6) is 6.13. The number of aromatic nitrogens is 1. The van der Waals surface area contributed by atoms with Gasteiger partial charge in [-0.25, -0.2) is 10.8 Å². The first kappa shape index (κ1) is 9.93. The lowest BCUT2D eigenvalue weighted by Crippen LogP contribution is -2.10. The third kappa shape index (κ3) is 1.78. The minimum atomic E-state index is 0.742. The van der Waals surface area contributed by atoms with E-state index in [1.165, 1.54) is 10.9 Å². The van der Waals surface area contributed by atoms with Gasteiger partial charge < -0.3 is 5.43 Å². The van der Waals surface area contributed by atoms with E-state index in [1.807, 2.05) is 13.0 Å². The van der Waals surface area contributed by atoms with Gasteiger partial charge in [-0.1, -0.05) is 13.0 Å². The molecule has 1 aromatic heterocycles. The molecule has 3 heteroatoms. The van der Waals surface area contributed by atoms with Gasteiger partial charge in [0.05, 0.1) is 5.52 Å². The average Bonchev–Trinajstić information content (AvgIpc) is 2.27. The first-order valence-corrected chi connectivity index (χ1v) is 5.11. The van der Waals surface area contributed by atoms with E-state index in [2.05, 4.69) is 35.5 Å². The topological polar surface area (TPSA) is 50.9 Å². The Balaban J connectivity index is 2.65. The van der Waals surface area contributed by atoms with E-state index in [0.717, 1.165) is 23.3 Å². The Hall–Kier alpha value is -1.61. The number of anilines is 1. The second-order valence-corrected chi connectivity index (χ2v) is 3.68. The number of pyridine rings is 1. The van der Waals surface area contributed by atoms with Crippen molar-refractivity contribution in [3.05, 3.63) is 35.4 Å². The number of benzene rings is 1. The van der Waals surface area contributed by atoms with Crippen molar-refractivity contribution in [1.82, 2.24) is 4.98 Å². The molecule has 0 unspecified atom stereocenters. The van der Waals surface area contributed by atoms with Gasteiger partial charge in [0.15, 0.2) is 0 Å². The number of nitrogens with one attached hydrogen (secondary N) is 1. The fourth-order valence-electron chi connectivity index (χ4n) is 1.70. The van der Waals surface area contributed by atoms with Gasteiger partial charge in [0.25, 0.3) is 0 Å². The second kappa shape index (κ2) is 3.87. The molecule has 0 aliphatic heterocycles. The van der Waals surface area contributed by atoms with Crippen molar-refractivity contribution in [3.8, 4) is 0 Å². The van der Waals surface area contributed by atoms with Crippen LogP contribution in [-0.4, -0.2) is 4.98 Å². The van der Waals surface area contributed by atoms with Crippen LogP contribution in [0.3, 0.4) is 0 Å². The van der Waals surface area contributed by atoms with Gasteiger partial charge in [-0.2, -0.15) is 0 Å². The maximum atomic E-state index is 5.39. The van der Waals surface area contributed by atoms with Gasteiger partial charge in [-0.3, -0.25) is 0 Å². The van der Waals surface area contributed by atoms with Gasteiger partial charge in [0, 0.05) is 5.39 Å². The summed E-state index contributed by atoms with van der Waals surface area (Å²) >= 11 is 0. The van der Waals surface area contributed by atoms with Crippen LogP contribution in [0.25, 0.3) is 10.9 Å². The molecule has 3 nitrogen and oxygen atoms in total. The van der Waals surface area contributed by atoms with Crippen LogP contribution in [0.4, 0.5) is 5.82 Å². The highest BCUT2D eigenvalue weighted by molar-refractivity contribution is 5.82. The number of nitrogen functional groups attached to an aromatic ring is 1. The molecular formula is C12H15N3. The number of fused-ring (bicyclic) bond motifs is 1. The molecule has 78 valence electrons. The van der Waals surface area contributed by atoms with Gasteiger partial charge in [0.1, 0.15) is 5.82 Å². The number of hydrazine groups is 1. The van der Waals surface area contributed by atoms with Crippen LogP contribution in [0.5, 0.6) is 0 Å². The van der Waals surface area contributed by atoms with Crippen molar-refractivity contribution in [1.29, 1.82) is 0 Å². The number of hydrogen-bond acceptors (Lipinski definition) is 3. The summed E-state index contributed by atoms with van der Waals surface area (Å²) in [7, 11) is 0. The molecule has 2 rings (SSSR count). The quantitative estimate of drug-likeness (QED) is 0.579. The summed E-state index contributed by atoms with van der Waals surface area (Å²) in [6, 6.07) is 8.42. The lowest BCUT2D eigenvalue weighted by atomic mass is 10.1. The lowest BCUT2D eigenvalue weighted by Gasteiger charge is -2.07. The molecule has 0 saturated carbocycles. The Bertz CT molecular complexity index is 491. The average molecular weight is 201 g/mol. The smallest absolute Gasteiger partial charge is 0.143 e. The van der Waals surface area contributed by atoms with E-state index in [-0.39, 0.29) is 0 Å². The van der Waals surface area contributed by atoms with Crippen LogP contribution >= 0.6 is 0 Å². The molecular weight excluding hydrogens is 186 g/mol. The van der Waals surface area contributed by atoms with E-state index in [1.54, 1.807) is 0 Å². The number of hydrogen-bond donors (Lipinski definition) is 2. The molecule has 0 radical (unpaired) electrons. The SMILES string of the molecule is CCc1ccc2nc(NN)c(C)cc2c1. The van der Waals surface area contributed by atoms with Crippen LogP contribution in [0.15, 0.2) is 24.3 Å². The van der Waals surface area contributed by atoms with Gasteiger partial charge in [-0.15, -0.1) is 0 Å². The Morgan fingerprint density at radius 1 is 1.33 bits per heavy atom. The zero-order chi connectivity index (χ0) is 10.8. The maximum Gasteiger partial charge on any atom is 0.143 e. The third-order valence-electron chi connectivity index (χ3n) is 2.61. The Morgan fingerprint density at radius 2 is 2.13 bits per heavy atom. The predicted molar refractivity (Wildman–Crippen MR) is 63.7 cm³/mol. The minimum Gasteiger partial charge on any atom is -0.308 e. The van der Waals surface area contributed by atoms with Gasteiger partial charge in [0.2, 0.25) is 0 Å². The van der Waals surface area contributed by atoms with E-state index in [0.29, 0.717) is 0 Å². The Kier molecular flexibility index (Phi) is 2.56. The van der Waals surface area contributed by atoms with Crippen LogP contribution in [0.2, 0.25) is 0 Å². The first-order valence-electron chi connectivity index (χ1n) is 5.11. The molecule has 0 saturated heterocycles. The highest BCUT2D eigenvalue weighted by Crippen LogP contribution is 2.20. The van der Waals surface area contributed by atoms with Crippen molar-refractivity contribution in [2.45, 2.75) is 20.3 Å². The molecule has 15 heavy (non-hydrogen) atoms. The van der Waals surface area contributed by atoms with Crippen LogP contribution in [-0.2, 0) is 6.42 Å². The lowest BCUT2D eigenvalue weighted by molar-refractivity contribution is 1.14. The number of nitrogens with two attached hydrogens (primary N) is 1. The van der Waals surface area contributed by atoms with Crippen LogP contribution in [0.1, 0.15) is 18.1 Å². The number of nitrogens with zero attached hydrogens (tertiary/aromatic N) is 1. The molecule has 0 atom stereocenters. The maximum absolute atomic E-state index is 5.39. The van der Waals surface area contributed by atoms with Gasteiger partial charge in [-0.05, 0) is 42.7 Å².